The van der Waals surface area contributed by atoms with Crippen molar-refractivity contribution in [3.63, 3.8) is 0 Å². The SMILES string of the molecule is CCn1ccn(Cc2cccc(C)n2)c1=O. The van der Waals surface area contributed by atoms with Crippen LogP contribution in [0, 0.1) is 6.92 Å². The van der Waals surface area contributed by atoms with Crippen LogP contribution < -0.4 is 5.69 Å². The van der Waals surface area contributed by atoms with Gasteiger partial charge in [-0.2, -0.15) is 0 Å². The van der Waals surface area contributed by atoms with Crippen LogP contribution in [-0.2, 0) is 13.1 Å². The van der Waals surface area contributed by atoms with E-state index in [0.717, 1.165) is 11.4 Å². The minimum atomic E-state index is 0.0193. The maximum absolute atomic E-state index is 11.8. The van der Waals surface area contributed by atoms with Gasteiger partial charge in [0.15, 0.2) is 0 Å². The van der Waals surface area contributed by atoms with E-state index in [2.05, 4.69) is 4.98 Å². The lowest BCUT2D eigenvalue weighted by atomic mass is 10.3. The largest absolute Gasteiger partial charge is 0.328 e. The fourth-order valence-electron chi connectivity index (χ4n) is 1.68. The zero-order valence-corrected chi connectivity index (χ0v) is 9.55. The van der Waals surface area contributed by atoms with Crippen LogP contribution in [0.3, 0.4) is 0 Å². The average molecular weight is 217 g/mol. The molecule has 0 amide bonds. The van der Waals surface area contributed by atoms with Gasteiger partial charge in [-0.1, -0.05) is 6.07 Å². The number of rotatable bonds is 3. The van der Waals surface area contributed by atoms with Crippen LogP contribution in [0.25, 0.3) is 0 Å². The minimum absolute atomic E-state index is 0.0193. The van der Waals surface area contributed by atoms with E-state index < -0.39 is 0 Å². The summed E-state index contributed by atoms with van der Waals surface area (Å²) >= 11 is 0. The second-order valence-corrected chi connectivity index (χ2v) is 3.76. The van der Waals surface area contributed by atoms with Gasteiger partial charge in [0.2, 0.25) is 0 Å². The molecule has 0 fully saturated rings. The number of hydrogen-bond acceptors (Lipinski definition) is 2. The van der Waals surface area contributed by atoms with Crippen molar-refractivity contribution in [3.8, 4) is 0 Å². The Morgan fingerprint density at radius 2 is 2.00 bits per heavy atom. The first-order valence-corrected chi connectivity index (χ1v) is 5.39. The molecule has 0 aliphatic rings. The van der Waals surface area contributed by atoms with E-state index in [4.69, 9.17) is 0 Å². The molecule has 0 saturated carbocycles. The van der Waals surface area contributed by atoms with Gasteiger partial charge in [0.1, 0.15) is 0 Å². The molecule has 0 aliphatic carbocycles. The Bertz CT molecular complexity index is 539. The molecule has 0 spiro atoms. The van der Waals surface area contributed by atoms with Crippen molar-refractivity contribution in [3.05, 3.63) is 52.5 Å². The van der Waals surface area contributed by atoms with Crippen LogP contribution in [0.4, 0.5) is 0 Å². The van der Waals surface area contributed by atoms with E-state index in [1.807, 2.05) is 32.0 Å². The van der Waals surface area contributed by atoms with Crippen molar-refractivity contribution in [1.82, 2.24) is 14.1 Å². The first-order valence-electron chi connectivity index (χ1n) is 5.39. The normalized spacial score (nSPS) is 10.6. The second-order valence-electron chi connectivity index (χ2n) is 3.76. The fourth-order valence-corrected chi connectivity index (χ4v) is 1.68. The van der Waals surface area contributed by atoms with Crippen molar-refractivity contribution >= 4 is 0 Å². The zero-order chi connectivity index (χ0) is 11.5. The van der Waals surface area contributed by atoms with Crippen LogP contribution in [0.1, 0.15) is 18.3 Å². The molecular formula is C12H15N3O. The molecule has 0 aliphatic heterocycles. The smallest absolute Gasteiger partial charge is 0.300 e. The Morgan fingerprint density at radius 3 is 2.62 bits per heavy atom. The molecule has 0 aromatic carbocycles. The zero-order valence-electron chi connectivity index (χ0n) is 9.55. The van der Waals surface area contributed by atoms with E-state index in [0.29, 0.717) is 13.1 Å². The van der Waals surface area contributed by atoms with Gasteiger partial charge < -0.3 is 0 Å². The summed E-state index contributed by atoms with van der Waals surface area (Å²) in [5.74, 6) is 0. The molecule has 4 heteroatoms. The van der Waals surface area contributed by atoms with Crippen LogP contribution in [0.2, 0.25) is 0 Å². The second kappa shape index (κ2) is 4.35. The van der Waals surface area contributed by atoms with Crippen molar-refractivity contribution in [2.45, 2.75) is 26.9 Å². The van der Waals surface area contributed by atoms with Crippen molar-refractivity contribution in [2.24, 2.45) is 0 Å². The molecule has 0 bridgehead atoms. The summed E-state index contributed by atoms with van der Waals surface area (Å²) in [7, 11) is 0. The summed E-state index contributed by atoms with van der Waals surface area (Å²) in [4.78, 5) is 16.2. The van der Waals surface area contributed by atoms with Gasteiger partial charge in [-0.3, -0.25) is 14.1 Å². The summed E-state index contributed by atoms with van der Waals surface area (Å²) in [6.07, 6.45) is 3.61. The lowest BCUT2D eigenvalue weighted by molar-refractivity contribution is 0.661. The molecule has 0 N–H and O–H groups in total. The Balaban J connectivity index is 2.27. The van der Waals surface area contributed by atoms with Crippen molar-refractivity contribution < 1.29 is 0 Å². The molecule has 0 atom stereocenters. The molecule has 2 aromatic rings. The maximum atomic E-state index is 11.8. The molecule has 2 heterocycles. The Morgan fingerprint density at radius 1 is 1.25 bits per heavy atom. The van der Waals surface area contributed by atoms with Crippen LogP contribution in [0.5, 0.6) is 0 Å². The summed E-state index contributed by atoms with van der Waals surface area (Å²) in [5.41, 5.74) is 1.90. The minimum Gasteiger partial charge on any atom is -0.300 e. The Labute approximate surface area is 94.2 Å². The fraction of sp³-hybridized carbons (Fsp3) is 0.333. The van der Waals surface area contributed by atoms with Gasteiger partial charge in [-0.25, -0.2) is 4.79 Å². The molecule has 2 rings (SSSR count). The van der Waals surface area contributed by atoms with E-state index in [1.54, 1.807) is 21.5 Å². The molecule has 16 heavy (non-hydrogen) atoms. The van der Waals surface area contributed by atoms with Crippen molar-refractivity contribution in [2.75, 3.05) is 0 Å². The first-order chi connectivity index (χ1) is 7.70. The highest BCUT2D eigenvalue weighted by Gasteiger charge is 2.03. The van der Waals surface area contributed by atoms with Crippen LogP contribution >= 0.6 is 0 Å². The number of pyridine rings is 1. The van der Waals surface area contributed by atoms with E-state index >= 15 is 0 Å². The third kappa shape index (κ3) is 2.05. The standard InChI is InChI=1S/C12H15N3O/c1-3-14-7-8-15(12(14)16)9-11-6-4-5-10(2)13-11/h4-8H,3,9H2,1-2H3. The molecule has 0 radical (unpaired) electrons. The van der Waals surface area contributed by atoms with Crippen molar-refractivity contribution in [1.29, 1.82) is 0 Å². The van der Waals surface area contributed by atoms with Gasteiger partial charge in [0.25, 0.3) is 0 Å². The first kappa shape index (κ1) is 10.7. The number of nitrogens with zero attached hydrogens (tertiary/aromatic N) is 3. The average Bonchev–Trinajstić information content (AvgIpc) is 2.60. The van der Waals surface area contributed by atoms with Gasteiger partial charge in [0.05, 0.1) is 12.2 Å². The van der Waals surface area contributed by atoms with Crippen LogP contribution in [0.15, 0.2) is 35.4 Å². The highest BCUT2D eigenvalue weighted by molar-refractivity contribution is 5.10. The summed E-state index contributed by atoms with van der Waals surface area (Å²) in [5, 5.41) is 0. The highest BCUT2D eigenvalue weighted by atomic mass is 16.1. The van der Waals surface area contributed by atoms with Gasteiger partial charge in [0, 0.05) is 24.6 Å². The Hall–Kier alpha value is -1.84. The molecule has 0 unspecified atom stereocenters. The third-order valence-electron chi connectivity index (χ3n) is 2.54. The number of hydrogen-bond donors (Lipinski definition) is 0. The van der Waals surface area contributed by atoms with Gasteiger partial charge >= 0.3 is 5.69 Å². The monoisotopic (exact) mass is 217 g/mol. The topological polar surface area (TPSA) is 39.8 Å². The molecule has 4 nitrogen and oxygen atoms in total. The van der Waals surface area contributed by atoms with E-state index in [9.17, 15) is 4.79 Å². The molecular weight excluding hydrogens is 202 g/mol. The van der Waals surface area contributed by atoms with Gasteiger partial charge in [-0.15, -0.1) is 0 Å². The highest BCUT2D eigenvalue weighted by Crippen LogP contribution is 2.00. The predicted octanol–water partition coefficient (Wildman–Crippen LogP) is 1.42. The number of imidazole rings is 1. The quantitative estimate of drug-likeness (QED) is 0.780. The number of aryl methyl sites for hydroxylation is 2. The summed E-state index contributed by atoms with van der Waals surface area (Å²) < 4.78 is 3.35. The Kier molecular flexibility index (Phi) is 2.90. The third-order valence-corrected chi connectivity index (χ3v) is 2.54. The molecule has 84 valence electrons. The molecule has 0 saturated heterocycles. The lowest BCUT2D eigenvalue weighted by Gasteiger charge is -2.02. The number of aromatic nitrogens is 3. The van der Waals surface area contributed by atoms with Crippen LogP contribution in [-0.4, -0.2) is 14.1 Å². The predicted molar refractivity (Wildman–Crippen MR) is 62.4 cm³/mol. The summed E-state index contributed by atoms with van der Waals surface area (Å²) in [6.45, 7) is 5.14. The summed E-state index contributed by atoms with van der Waals surface area (Å²) in [6, 6.07) is 5.84. The van der Waals surface area contributed by atoms with E-state index in [-0.39, 0.29) is 5.69 Å². The van der Waals surface area contributed by atoms with Gasteiger partial charge in [-0.05, 0) is 26.0 Å². The lowest BCUT2D eigenvalue weighted by Crippen LogP contribution is -2.24. The van der Waals surface area contributed by atoms with E-state index in [1.165, 1.54) is 0 Å². The maximum Gasteiger partial charge on any atom is 0.328 e. The molecule has 2 aromatic heterocycles.